The maximum absolute atomic E-state index is 12.6. The van der Waals surface area contributed by atoms with Crippen LogP contribution in [0.15, 0.2) is 17.8 Å². The van der Waals surface area contributed by atoms with Crippen LogP contribution in [-0.4, -0.2) is 26.9 Å². The van der Waals surface area contributed by atoms with Crippen LogP contribution in [-0.2, 0) is 0 Å². The standard InChI is InChI=1S/C13H10N4OS/c14-6-8-11-9-2-1-4-16(9)13(18)12-10(3-5-19-12)17(11)7-15-8/h3,5,7,9H,1-2,4H2/t9-/m0/s1. The molecule has 2 aliphatic rings. The molecule has 4 heterocycles. The van der Waals surface area contributed by atoms with E-state index in [-0.39, 0.29) is 11.9 Å². The van der Waals surface area contributed by atoms with Gasteiger partial charge < -0.3 is 4.90 Å². The number of nitrogens with zero attached hydrogens (tertiary/aromatic N) is 4. The Kier molecular flexibility index (Phi) is 2.09. The zero-order valence-corrected chi connectivity index (χ0v) is 10.9. The van der Waals surface area contributed by atoms with Gasteiger partial charge in [-0.05, 0) is 24.3 Å². The van der Waals surface area contributed by atoms with Crippen molar-refractivity contribution >= 4 is 17.2 Å². The Morgan fingerprint density at radius 1 is 1.53 bits per heavy atom. The molecule has 2 aromatic rings. The number of amides is 1. The Balaban J connectivity index is 2.06. The molecule has 94 valence electrons. The minimum atomic E-state index is -0.00995. The highest BCUT2D eigenvalue weighted by atomic mass is 32.1. The first-order valence-corrected chi connectivity index (χ1v) is 7.05. The Hall–Kier alpha value is -2.13. The van der Waals surface area contributed by atoms with Gasteiger partial charge in [0.2, 0.25) is 0 Å². The van der Waals surface area contributed by atoms with E-state index in [1.165, 1.54) is 11.3 Å². The molecule has 0 aromatic carbocycles. The van der Waals surface area contributed by atoms with E-state index in [0.717, 1.165) is 35.6 Å². The minimum absolute atomic E-state index is 0.00995. The Morgan fingerprint density at radius 3 is 3.26 bits per heavy atom. The molecule has 0 spiro atoms. The van der Waals surface area contributed by atoms with Crippen molar-refractivity contribution in [1.82, 2.24) is 14.5 Å². The molecule has 2 aliphatic heterocycles. The maximum Gasteiger partial charge on any atom is 0.266 e. The molecule has 0 radical (unpaired) electrons. The number of carbonyl (C=O) groups is 1. The van der Waals surface area contributed by atoms with Gasteiger partial charge in [-0.3, -0.25) is 9.36 Å². The number of rotatable bonds is 0. The predicted octanol–water partition coefficient (Wildman–Crippen LogP) is 2.10. The lowest BCUT2D eigenvalue weighted by atomic mass is 10.1. The Bertz CT molecular complexity index is 723. The summed E-state index contributed by atoms with van der Waals surface area (Å²) in [4.78, 5) is 19.4. The van der Waals surface area contributed by atoms with Gasteiger partial charge >= 0.3 is 0 Å². The molecule has 1 amide bonds. The fraction of sp³-hybridized carbons (Fsp3) is 0.308. The molecule has 0 bridgehead atoms. The van der Waals surface area contributed by atoms with Gasteiger partial charge in [0.05, 0.1) is 17.4 Å². The van der Waals surface area contributed by atoms with Crippen molar-refractivity contribution in [3.63, 3.8) is 0 Å². The molecule has 4 rings (SSSR count). The van der Waals surface area contributed by atoms with Crippen molar-refractivity contribution in [2.24, 2.45) is 0 Å². The zero-order chi connectivity index (χ0) is 13.0. The average molecular weight is 270 g/mol. The number of thiophene rings is 1. The molecule has 0 aliphatic carbocycles. The van der Waals surface area contributed by atoms with Gasteiger partial charge in [-0.1, -0.05) is 0 Å². The average Bonchev–Trinajstić information content (AvgIpc) is 3.13. The normalized spacial score (nSPS) is 20.5. The molecule has 1 fully saturated rings. The van der Waals surface area contributed by atoms with Crippen molar-refractivity contribution in [3.8, 4) is 11.8 Å². The molecule has 0 saturated carbocycles. The summed E-state index contributed by atoms with van der Waals surface area (Å²) in [6, 6.07) is 4.06. The van der Waals surface area contributed by atoms with Gasteiger partial charge in [0, 0.05) is 6.54 Å². The van der Waals surface area contributed by atoms with Crippen molar-refractivity contribution in [2.75, 3.05) is 6.54 Å². The third-order valence-electron chi connectivity index (χ3n) is 3.84. The summed E-state index contributed by atoms with van der Waals surface area (Å²) < 4.78 is 1.91. The summed E-state index contributed by atoms with van der Waals surface area (Å²) in [5.41, 5.74) is 2.16. The third kappa shape index (κ3) is 1.28. The fourth-order valence-corrected chi connectivity index (χ4v) is 3.87. The smallest absolute Gasteiger partial charge is 0.266 e. The van der Waals surface area contributed by atoms with Gasteiger partial charge in [0.1, 0.15) is 17.3 Å². The van der Waals surface area contributed by atoms with Gasteiger partial charge in [0.15, 0.2) is 5.69 Å². The first kappa shape index (κ1) is 10.8. The van der Waals surface area contributed by atoms with Crippen molar-refractivity contribution in [2.45, 2.75) is 18.9 Å². The zero-order valence-electron chi connectivity index (χ0n) is 10.0. The van der Waals surface area contributed by atoms with E-state index < -0.39 is 0 Å². The summed E-state index contributed by atoms with van der Waals surface area (Å²) in [5, 5.41) is 11.1. The van der Waals surface area contributed by atoms with Crippen LogP contribution >= 0.6 is 11.3 Å². The van der Waals surface area contributed by atoms with Gasteiger partial charge in [-0.25, -0.2) is 4.98 Å². The summed E-state index contributed by atoms with van der Waals surface area (Å²) in [6.07, 6.45) is 3.54. The van der Waals surface area contributed by atoms with Crippen LogP contribution < -0.4 is 0 Å². The van der Waals surface area contributed by atoms with Gasteiger partial charge in [-0.15, -0.1) is 11.3 Å². The van der Waals surface area contributed by atoms with E-state index in [4.69, 9.17) is 0 Å². The van der Waals surface area contributed by atoms with E-state index in [0.29, 0.717) is 5.69 Å². The highest BCUT2D eigenvalue weighted by Crippen LogP contribution is 2.40. The number of carbonyl (C=O) groups excluding carboxylic acids is 1. The van der Waals surface area contributed by atoms with Crippen LogP contribution in [0.5, 0.6) is 0 Å². The molecular weight excluding hydrogens is 260 g/mol. The fourth-order valence-electron chi connectivity index (χ4n) is 3.03. The van der Waals surface area contributed by atoms with E-state index in [1.54, 1.807) is 6.33 Å². The number of fused-ring (bicyclic) bond motifs is 5. The van der Waals surface area contributed by atoms with Crippen molar-refractivity contribution in [3.05, 3.63) is 34.0 Å². The van der Waals surface area contributed by atoms with Crippen molar-refractivity contribution in [1.29, 1.82) is 5.26 Å². The second kappa shape index (κ2) is 3.68. The topological polar surface area (TPSA) is 61.9 Å². The van der Waals surface area contributed by atoms with E-state index in [1.807, 2.05) is 20.9 Å². The Morgan fingerprint density at radius 2 is 2.42 bits per heavy atom. The summed E-state index contributed by atoms with van der Waals surface area (Å²) in [5.74, 6) is 0.0834. The van der Waals surface area contributed by atoms with E-state index in [9.17, 15) is 10.1 Å². The van der Waals surface area contributed by atoms with Crippen molar-refractivity contribution < 1.29 is 4.79 Å². The van der Waals surface area contributed by atoms with Crippen LogP contribution in [0, 0.1) is 11.3 Å². The highest BCUT2D eigenvalue weighted by molar-refractivity contribution is 7.12. The second-order valence-electron chi connectivity index (χ2n) is 4.75. The SMILES string of the molecule is N#Cc1ncn2c1[C@@H]1CCCN1C(=O)c1sccc1-2. The molecule has 0 N–H and O–H groups in total. The Labute approximate surface area is 113 Å². The largest absolute Gasteiger partial charge is 0.329 e. The predicted molar refractivity (Wildman–Crippen MR) is 69.2 cm³/mol. The molecule has 1 atom stereocenters. The van der Waals surface area contributed by atoms with Crippen LogP contribution in [0.3, 0.4) is 0 Å². The molecule has 5 nitrogen and oxygen atoms in total. The first-order valence-electron chi connectivity index (χ1n) is 6.17. The number of nitriles is 1. The van der Waals surface area contributed by atoms with Crippen LogP contribution in [0.1, 0.15) is 39.9 Å². The van der Waals surface area contributed by atoms with Crippen LogP contribution in [0.4, 0.5) is 0 Å². The second-order valence-corrected chi connectivity index (χ2v) is 5.67. The lowest BCUT2D eigenvalue weighted by Gasteiger charge is -2.22. The van der Waals surface area contributed by atoms with E-state index in [2.05, 4.69) is 11.1 Å². The molecular formula is C13H10N4OS. The quantitative estimate of drug-likeness (QED) is 0.736. The maximum atomic E-state index is 12.6. The third-order valence-corrected chi connectivity index (χ3v) is 4.73. The summed E-state index contributed by atoms with van der Waals surface area (Å²) in [6.45, 7) is 0.761. The summed E-state index contributed by atoms with van der Waals surface area (Å²) in [7, 11) is 0. The molecule has 1 saturated heterocycles. The van der Waals surface area contributed by atoms with Gasteiger partial charge in [0.25, 0.3) is 5.91 Å². The lowest BCUT2D eigenvalue weighted by molar-refractivity contribution is 0.0743. The number of hydrogen-bond donors (Lipinski definition) is 0. The lowest BCUT2D eigenvalue weighted by Crippen LogP contribution is -2.29. The van der Waals surface area contributed by atoms with Gasteiger partial charge in [-0.2, -0.15) is 5.26 Å². The molecule has 19 heavy (non-hydrogen) atoms. The molecule has 6 heteroatoms. The van der Waals surface area contributed by atoms with E-state index >= 15 is 0 Å². The molecule has 0 unspecified atom stereocenters. The van der Waals surface area contributed by atoms with Crippen LogP contribution in [0.2, 0.25) is 0 Å². The highest BCUT2D eigenvalue weighted by Gasteiger charge is 2.39. The number of imidazole rings is 1. The molecule has 2 aromatic heterocycles. The minimum Gasteiger partial charge on any atom is -0.329 e. The first-order chi connectivity index (χ1) is 9.31. The van der Waals surface area contributed by atoms with Crippen LogP contribution in [0.25, 0.3) is 5.69 Å². The summed E-state index contributed by atoms with van der Waals surface area (Å²) >= 11 is 1.45. The number of hydrogen-bond acceptors (Lipinski definition) is 4. The monoisotopic (exact) mass is 270 g/mol. The number of aromatic nitrogens is 2.